The maximum absolute atomic E-state index is 11.3. The predicted octanol–water partition coefficient (Wildman–Crippen LogP) is 2.01. The number of nitrogen functional groups attached to an aromatic ring is 1. The average molecular weight is 334 g/mol. The van der Waals surface area contributed by atoms with E-state index in [2.05, 4.69) is 19.9 Å². The van der Waals surface area contributed by atoms with Gasteiger partial charge in [0.15, 0.2) is 0 Å². The summed E-state index contributed by atoms with van der Waals surface area (Å²) in [5, 5.41) is 16.7. The molecule has 0 saturated heterocycles. The van der Waals surface area contributed by atoms with Crippen molar-refractivity contribution >= 4 is 33.9 Å². The third-order valence-electron chi connectivity index (χ3n) is 3.97. The lowest BCUT2D eigenvalue weighted by Gasteiger charge is -1.95. The Morgan fingerprint density at radius 2 is 1.88 bits per heavy atom. The molecule has 124 valence electrons. The molecule has 2 heterocycles. The van der Waals surface area contributed by atoms with Crippen molar-refractivity contribution < 1.29 is 9.90 Å². The minimum Gasteiger partial charge on any atom is -0.478 e. The predicted molar refractivity (Wildman–Crippen MR) is 93.0 cm³/mol. The molecule has 0 saturated carbocycles. The van der Waals surface area contributed by atoms with Crippen LogP contribution in [0.25, 0.3) is 22.1 Å². The molecule has 2 aromatic carbocycles. The number of aromatic nitrogens is 4. The number of nitrogens with zero attached hydrogens (tertiary/aromatic N) is 2. The Balaban J connectivity index is 1.71. The Kier molecular flexibility index (Phi) is 3.24. The summed E-state index contributed by atoms with van der Waals surface area (Å²) < 4.78 is 0. The average Bonchev–Trinajstić information content (AvgIpc) is 3.15. The summed E-state index contributed by atoms with van der Waals surface area (Å²) in [6.45, 7) is 0. The minimum absolute atomic E-state index is 0.00932. The van der Waals surface area contributed by atoms with Gasteiger partial charge in [-0.25, -0.2) is 14.8 Å². The van der Waals surface area contributed by atoms with E-state index in [0.717, 1.165) is 5.52 Å². The number of para-hydroxylation sites is 1. The fourth-order valence-corrected chi connectivity index (χ4v) is 2.81. The first-order valence-corrected chi connectivity index (χ1v) is 7.55. The molecule has 6 N–H and O–H groups in total. The summed E-state index contributed by atoms with van der Waals surface area (Å²) >= 11 is 0. The second kappa shape index (κ2) is 5.45. The van der Waals surface area contributed by atoms with Crippen LogP contribution in [-0.2, 0) is 6.42 Å². The van der Waals surface area contributed by atoms with Crippen molar-refractivity contribution in [3.63, 3.8) is 0 Å². The maximum atomic E-state index is 11.3. The second-order valence-electron chi connectivity index (χ2n) is 5.70. The molecule has 0 bridgehead atoms. The van der Waals surface area contributed by atoms with Crippen molar-refractivity contribution in [2.75, 3.05) is 0 Å². The summed E-state index contributed by atoms with van der Waals surface area (Å²) in [5.41, 5.74) is 8.92. The molecule has 0 amide bonds. The molecule has 4 rings (SSSR count). The zero-order valence-corrected chi connectivity index (χ0v) is 13.0. The number of aromatic carboxylic acids is 1. The quantitative estimate of drug-likeness (QED) is 0.286. The van der Waals surface area contributed by atoms with Crippen molar-refractivity contribution in [2.45, 2.75) is 6.42 Å². The lowest BCUT2D eigenvalue weighted by molar-refractivity contribution is 0.0699. The van der Waals surface area contributed by atoms with E-state index in [0.29, 0.717) is 40.2 Å². The Morgan fingerprint density at radius 3 is 2.64 bits per heavy atom. The van der Waals surface area contributed by atoms with Crippen LogP contribution in [0.15, 0.2) is 36.4 Å². The number of nitrogens with one attached hydrogen (secondary N) is 3. The smallest absolute Gasteiger partial charge is 0.337 e. The number of hydrogen-bond acceptors (Lipinski definition) is 4. The SMILES string of the molecule is N=C(N)c1ccc2[nH]c(Cc3nc4c(C(=O)O)cccc4[nH]3)nc2c1. The fraction of sp³-hybridized carbons (Fsp3) is 0.0588. The van der Waals surface area contributed by atoms with E-state index in [9.17, 15) is 9.90 Å². The number of rotatable bonds is 4. The van der Waals surface area contributed by atoms with Gasteiger partial charge >= 0.3 is 5.97 Å². The van der Waals surface area contributed by atoms with Crippen LogP contribution in [0.2, 0.25) is 0 Å². The van der Waals surface area contributed by atoms with Crippen LogP contribution in [0, 0.1) is 5.41 Å². The monoisotopic (exact) mass is 334 g/mol. The highest BCUT2D eigenvalue weighted by Crippen LogP contribution is 2.19. The van der Waals surface area contributed by atoms with Crippen molar-refractivity contribution in [3.05, 3.63) is 59.2 Å². The summed E-state index contributed by atoms with van der Waals surface area (Å²) in [6.07, 6.45) is 0.401. The third kappa shape index (κ3) is 2.59. The first kappa shape index (κ1) is 14.9. The molecule has 0 aliphatic heterocycles. The molecule has 8 nitrogen and oxygen atoms in total. The lowest BCUT2D eigenvalue weighted by Crippen LogP contribution is -2.10. The van der Waals surface area contributed by atoms with Crippen molar-refractivity contribution in [2.24, 2.45) is 5.73 Å². The number of imidazole rings is 2. The first-order valence-electron chi connectivity index (χ1n) is 7.55. The van der Waals surface area contributed by atoms with Crippen LogP contribution < -0.4 is 5.73 Å². The number of hydrogen-bond donors (Lipinski definition) is 5. The normalized spacial score (nSPS) is 11.2. The van der Waals surface area contributed by atoms with E-state index in [-0.39, 0.29) is 11.4 Å². The van der Waals surface area contributed by atoms with E-state index in [1.54, 1.807) is 24.3 Å². The molecule has 0 spiro atoms. The molecule has 0 aliphatic carbocycles. The van der Waals surface area contributed by atoms with Gasteiger partial charge in [0.1, 0.15) is 23.0 Å². The van der Waals surface area contributed by atoms with Gasteiger partial charge in [0.2, 0.25) is 0 Å². The Bertz CT molecular complexity index is 1140. The Labute approximate surface area is 141 Å². The highest BCUT2D eigenvalue weighted by molar-refractivity contribution is 6.01. The molecule has 0 atom stereocenters. The van der Waals surface area contributed by atoms with Crippen LogP contribution in [0.1, 0.15) is 27.6 Å². The van der Waals surface area contributed by atoms with Gasteiger partial charge in [-0.2, -0.15) is 0 Å². The van der Waals surface area contributed by atoms with Crippen LogP contribution in [0.3, 0.4) is 0 Å². The van der Waals surface area contributed by atoms with Crippen LogP contribution in [0.4, 0.5) is 0 Å². The largest absolute Gasteiger partial charge is 0.478 e. The number of fused-ring (bicyclic) bond motifs is 2. The molecule has 2 aromatic heterocycles. The molecule has 4 aromatic rings. The van der Waals surface area contributed by atoms with Gasteiger partial charge in [-0.1, -0.05) is 6.07 Å². The van der Waals surface area contributed by atoms with E-state index >= 15 is 0 Å². The van der Waals surface area contributed by atoms with Gasteiger partial charge in [0.05, 0.1) is 28.5 Å². The van der Waals surface area contributed by atoms with Gasteiger partial charge in [-0.15, -0.1) is 0 Å². The molecular weight excluding hydrogens is 320 g/mol. The standard InChI is InChI=1S/C17H14N6O2/c18-16(19)8-4-5-10-12(6-8)22-13(20-10)7-14-21-11-3-1-2-9(17(24)25)15(11)23-14/h1-6H,7H2,(H3,18,19)(H,20,22)(H,21,23)(H,24,25). The molecular formula is C17H14N6O2. The molecule has 0 radical (unpaired) electrons. The number of H-pyrrole nitrogens is 2. The number of amidine groups is 1. The van der Waals surface area contributed by atoms with Crippen LogP contribution in [0.5, 0.6) is 0 Å². The number of nitrogens with two attached hydrogens (primary N) is 1. The summed E-state index contributed by atoms with van der Waals surface area (Å²) in [6, 6.07) is 10.3. The van der Waals surface area contributed by atoms with Gasteiger partial charge in [0, 0.05) is 5.56 Å². The van der Waals surface area contributed by atoms with Crippen molar-refractivity contribution in [1.29, 1.82) is 5.41 Å². The fourth-order valence-electron chi connectivity index (χ4n) is 2.81. The lowest BCUT2D eigenvalue weighted by atomic mass is 10.2. The van der Waals surface area contributed by atoms with E-state index in [4.69, 9.17) is 11.1 Å². The Morgan fingerprint density at radius 1 is 1.12 bits per heavy atom. The maximum Gasteiger partial charge on any atom is 0.337 e. The number of carbonyl (C=O) groups is 1. The zero-order chi connectivity index (χ0) is 17.6. The summed E-state index contributed by atoms with van der Waals surface area (Å²) in [5.74, 6) is 0.287. The molecule has 0 aliphatic rings. The van der Waals surface area contributed by atoms with Gasteiger partial charge in [-0.3, -0.25) is 5.41 Å². The van der Waals surface area contributed by atoms with Gasteiger partial charge in [-0.05, 0) is 30.3 Å². The third-order valence-corrected chi connectivity index (χ3v) is 3.97. The Hall–Kier alpha value is -3.68. The zero-order valence-electron chi connectivity index (χ0n) is 13.0. The van der Waals surface area contributed by atoms with Gasteiger partial charge in [0.25, 0.3) is 0 Å². The number of carboxylic acids is 1. The van der Waals surface area contributed by atoms with Crippen LogP contribution >= 0.6 is 0 Å². The number of carboxylic acid groups (broad SMARTS) is 1. The van der Waals surface area contributed by atoms with E-state index in [1.165, 1.54) is 6.07 Å². The number of aromatic amines is 2. The molecule has 0 unspecified atom stereocenters. The summed E-state index contributed by atoms with van der Waals surface area (Å²) in [4.78, 5) is 26.5. The van der Waals surface area contributed by atoms with E-state index in [1.807, 2.05) is 6.07 Å². The second-order valence-corrected chi connectivity index (χ2v) is 5.70. The minimum atomic E-state index is -1.01. The molecule has 25 heavy (non-hydrogen) atoms. The van der Waals surface area contributed by atoms with Crippen molar-refractivity contribution in [3.8, 4) is 0 Å². The summed E-state index contributed by atoms with van der Waals surface area (Å²) in [7, 11) is 0. The van der Waals surface area contributed by atoms with Gasteiger partial charge < -0.3 is 20.8 Å². The number of benzene rings is 2. The first-order chi connectivity index (χ1) is 12.0. The topological polar surface area (TPSA) is 145 Å². The van der Waals surface area contributed by atoms with Crippen molar-refractivity contribution in [1.82, 2.24) is 19.9 Å². The highest BCUT2D eigenvalue weighted by Gasteiger charge is 2.14. The highest BCUT2D eigenvalue weighted by atomic mass is 16.4. The molecule has 8 heteroatoms. The molecule has 0 fully saturated rings. The van der Waals surface area contributed by atoms with Crippen LogP contribution in [-0.4, -0.2) is 36.8 Å². The van der Waals surface area contributed by atoms with E-state index < -0.39 is 5.97 Å².